The molecule has 32 heteroatoms. The van der Waals surface area contributed by atoms with Gasteiger partial charge in [-0.3, -0.25) is 53.2 Å². The summed E-state index contributed by atoms with van der Waals surface area (Å²) in [6.07, 6.45) is 8.43. The Morgan fingerprint density at radius 1 is 0.687 bits per heavy atom. The third-order valence-corrected chi connectivity index (χ3v) is 19.3. The highest BCUT2D eigenvalue weighted by atomic mass is 32.2. The maximum atomic E-state index is 15.3. The van der Waals surface area contributed by atoms with E-state index in [1.54, 1.807) is 47.4 Å². The second kappa shape index (κ2) is 39.1. The molecule has 3 fully saturated rings. The summed E-state index contributed by atoms with van der Waals surface area (Å²) in [5.41, 5.74) is 14.1. The van der Waals surface area contributed by atoms with E-state index in [1.165, 1.54) is 4.90 Å². The molecule has 0 aliphatic carbocycles. The molecule has 4 aromatic rings. The maximum Gasteiger partial charge on any atom is 0.315 e. The summed E-state index contributed by atoms with van der Waals surface area (Å²) in [7, 11) is 0. The van der Waals surface area contributed by atoms with Crippen LogP contribution in [0.1, 0.15) is 114 Å². The minimum absolute atomic E-state index is 0.00405. The largest absolute Gasteiger partial charge is 0.377 e. The van der Waals surface area contributed by atoms with E-state index in [0.29, 0.717) is 60.8 Å². The summed E-state index contributed by atoms with van der Waals surface area (Å²) in [6, 6.07) is 8.02. The summed E-state index contributed by atoms with van der Waals surface area (Å²) in [5.74, 6) is -5.17. The second-order valence-electron chi connectivity index (χ2n) is 25.9. The lowest BCUT2D eigenvalue weighted by Gasteiger charge is -2.31. The Hall–Kier alpha value is -8.88. The van der Waals surface area contributed by atoms with Gasteiger partial charge in [0.05, 0.1) is 50.8 Å². The summed E-state index contributed by atoms with van der Waals surface area (Å²) < 4.78 is 18.5. The van der Waals surface area contributed by atoms with Crippen molar-refractivity contribution in [3.63, 3.8) is 0 Å². The van der Waals surface area contributed by atoms with Gasteiger partial charge in [-0.2, -0.15) is 11.8 Å². The zero-order valence-corrected chi connectivity index (χ0v) is 57.3. The molecule has 4 aliphatic rings. The normalized spacial score (nSPS) is 23.8. The molecule has 11 amide bonds. The van der Waals surface area contributed by atoms with Gasteiger partial charge < -0.3 is 88.7 Å². The molecule has 31 nitrogen and oxygen atoms in total. The first-order valence-corrected chi connectivity index (χ1v) is 35.5. The number of carbonyl (C=O) groups excluding carboxylic acids is 10. The van der Waals surface area contributed by atoms with E-state index in [-0.39, 0.29) is 140 Å². The van der Waals surface area contributed by atoms with Crippen LogP contribution in [0.4, 0.5) is 4.79 Å². The zero-order chi connectivity index (χ0) is 70.6. The van der Waals surface area contributed by atoms with Gasteiger partial charge in [0.1, 0.15) is 48.9 Å². The van der Waals surface area contributed by atoms with Crippen LogP contribution in [0, 0.1) is 11.3 Å². The predicted octanol–water partition coefficient (Wildman–Crippen LogP) is -0.0524. The van der Waals surface area contributed by atoms with Gasteiger partial charge in [0, 0.05) is 79.7 Å². The van der Waals surface area contributed by atoms with Crippen molar-refractivity contribution in [1.82, 2.24) is 78.0 Å². The lowest BCUT2D eigenvalue weighted by molar-refractivity contribution is -0.142. The fourth-order valence-electron chi connectivity index (χ4n) is 12.6. The van der Waals surface area contributed by atoms with Crippen molar-refractivity contribution < 1.29 is 62.2 Å². The van der Waals surface area contributed by atoms with Crippen LogP contribution in [0.25, 0.3) is 10.9 Å². The summed E-state index contributed by atoms with van der Waals surface area (Å²) in [6.45, 7) is 5.12. The highest BCUT2D eigenvalue weighted by molar-refractivity contribution is 8.00. The smallest absolute Gasteiger partial charge is 0.315 e. The number of aromatic nitrogens is 4. The number of guanidine groups is 1. The van der Waals surface area contributed by atoms with Gasteiger partial charge >= 0.3 is 6.03 Å². The van der Waals surface area contributed by atoms with Crippen LogP contribution in [0.5, 0.6) is 0 Å². The number of hydrogen-bond acceptors (Lipinski definition) is 17. The van der Waals surface area contributed by atoms with E-state index in [9.17, 15) is 43.2 Å². The second-order valence-corrected chi connectivity index (χ2v) is 27.2. The van der Waals surface area contributed by atoms with E-state index >= 15 is 4.79 Å². The molecule has 6 heterocycles. The molecule has 4 aliphatic heterocycles. The molecule has 0 spiro atoms. The SMILES string of the molecule is CC(C)C[C@H]1NC(=O)[C@H]2CCCN2C(=O)[C@@H](Cc2c[nH]c3ccccc23)NC(=O)[C@@H](NC(=O)COCCOCCOCCNC(=O)CCCCC2SC[C@H]3NC(=O)N[C@@H]23)CCc2cn(nn2)CCCC[C@@H](C(N)=O)NC(=O)[C@@H](Cc2ccccc2)NC(=O)[C@@H](CCCNC(=N)N)NC1=O. The number of ether oxygens (including phenoxy) is 3. The van der Waals surface area contributed by atoms with Crippen LogP contribution in [-0.4, -0.2) is 215 Å². The number of nitrogens with two attached hydrogens (primary N) is 2. The van der Waals surface area contributed by atoms with E-state index in [2.05, 4.69) is 68.5 Å². The van der Waals surface area contributed by atoms with Crippen LogP contribution < -0.4 is 64.6 Å². The Morgan fingerprint density at radius 2 is 1.40 bits per heavy atom. The lowest BCUT2D eigenvalue weighted by atomic mass is 10.00. The van der Waals surface area contributed by atoms with Crippen LogP contribution in [0.2, 0.25) is 0 Å². The summed E-state index contributed by atoms with van der Waals surface area (Å²) in [4.78, 5) is 144. The van der Waals surface area contributed by atoms with Gasteiger partial charge in [-0.1, -0.05) is 74.0 Å². The number of aromatic amines is 1. The van der Waals surface area contributed by atoms with Crippen molar-refractivity contribution in [3.05, 3.63) is 83.8 Å². The molecule has 99 heavy (non-hydrogen) atoms. The zero-order valence-electron chi connectivity index (χ0n) is 56.5. The lowest BCUT2D eigenvalue weighted by Crippen LogP contribution is -2.60. The van der Waals surface area contributed by atoms with Gasteiger partial charge in [0.25, 0.3) is 0 Å². The van der Waals surface area contributed by atoms with Crippen LogP contribution >= 0.6 is 11.8 Å². The number of primary amides is 1. The van der Waals surface area contributed by atoms with E-state index in [1.807, 2.05) is 49.9 Å². The Balaban J connectivity index is 0.938. The number of unbranched alkanes of at least 4 members (excludes halogenated alkanes) is 1. The molecule has 2 aromatic heterocycles. The minimum Gasteiger partial charge on any atom is -0.377 e. The number of amides is 11. The van der Waals surface area contributed by atoms with Crippen molar-refractivity contribution in [2.75, 3.05) is 65.0 Å². The number of para-hydroxylation sites is 1. The average Bonchev–Trinajstić information content (AvgIpc) is 1.80. The van der Waals surface area contributed by atoms with Gasteiger partial charge in [-0.25, -0.2) is 4.79 Å². The van der Waals surface area contributed by atoms with Gasteiger partial charge in [0.15, 0.2) is 5.96 Å². The molecule has 0 saturated carbocycles. The molecule has 1 unspecified atom stereocenters. The summed E-state index contributed by atoms with van der Waals surface area (Å²) >= 11 is 1.85. The molecule has 16 N–H and O–H groups in total. The number of hydrogen-bond donors (Lipinski definition) is 14. The fraction of sp³-hybridized carbons (Fsp3) is 0.597. The Kier molecular flexibility index (Phi) is 29.9. The molecule has 0 radical (unpaired) electrons. The predicted molar refractivity (Wildman–Crippen MR) is 368 cm³/mol. The van der Waals surface area contributed by atoms with Crippen LogP contribution in [0.3, 0.4) is 0 Å². The Bertz CT molecular complexity index is 3370. The average molecular weight is 1400 g/mol. The molecular weight excluding hydrogens is 1300 g/mol. The van der Waals surface area contributed by atoms with Crippen molar-refractivity contribution in [3.8, 4) is 0 Å². The quantitative estimate of drug-likeness (QED) is 0.0153. The molecule has 3 saturated heterocycles. The molecule has 2 aromatic carbocycles. The standard InChI is InChI=1S/C67H98N18O13S/c1-41(2)34-50-62(91)76-48(19-12-25-72-66(69)70)60(89)77-51(35-42-14-4-3-5-15-42)63(92)75-47(59(68)88)18-10-11-27-84-38-44(82-83-84)23-24-49(61(90)79-52(36-43-37-73-46-17-7-6-16-45(43)46)65(94)85-28-13-20-54(85)64(93)78-50)74-57(87)39-98-33-32-97-31-30-96-29-26-71-56(86)22-9-8-21-55-58-53(40-99-55)80-67(95)81-58/h3-7,14-17,37-38,41,47-55,58,73H,8-13,18-36,39-40H2,1-2H3,(H2,68,88)(H,71,86)(H,74,87)(H,75,92)(H,76,91)(H,77,89)(H,78,93)(H,79,90)(H4,69,70,72)(H2,80,81,95)/t47-,48+,49-,50+,51+,52+,53+,54+,55?,58+/m0/s1. The highest BCUT2D eigenvalue weighted by Crippen LogP contribution is 2.33. The number of urea groups is 1. The molecular formula is C67H98N18O13S. The van der Waals surface area contributed by atoms with Crippen LogP contribution in [0.15, 0.2) is 67.0 Å². The maximum absolute atomic E-state index is 15.3. The first kappa shape index (κ1) is 75.9. The highest BCUT2D eigenvalue weighted by Gasteiger charge is 2.43. The number of thioether (sulfide) groups is 1. The van der Waals surface area contributed by atoms with Gasteiger partial charge in [-0.05, 0) is 100 Å². The number of carbonyl (C=O) groups is 10. The summed E-state index contributed by atoms with van der Waals surface area (Å²) in [5, 5.41) is 46.0. The number of nitrogens with zero attached hydrogens (tertiary/aromatic N) is 4. The van der Waals surface area contributed by atoms with Gasteiger partial charge in [0.2, 0.25) is 53.2 Å². The number of H-pyrrole nitrogens is 1. The van der Waals surface area contributed by atoms with Crippen molar-refractivity contribution in [2.45, 2.75) is 183 Å². The fourth-order valence-corrected chi connectivity index (χ4v) is 14.2. The molecule has 2 bridgehead atoms. The first-order valence-electron chi connectivity index (χ1n) is 34.4. The first-order chi connectivity index (χ1) is 47.8. The Morgan fingerprint density at radius 3 is 2.18 bits per heavy atom. The van der Waals surface area contributed by atoms with Crippen molar-refractivity contribution in [1.29, 1.82) is 5.41 Å². The third kappa shape index (κ3) is 24.2. The topological polar surface area (TPSA) is 444 Å². The van der Waals surface area contributed by atoms with E-state index < -0.39 is 96.2 Å². The van der Waals surface area contributed by atoms with E-state index in [0.717, 1.165) is 35.9 Å². The number of nitrogens with one attached hydrogen (secondary N) is 12. The minimum atomic E-state index is -1.29. The number of rotatable bonds is 28. The number of benzene rings is 2. The number of fused-ring (bicyclic) bond motifs is 5. The number of aryl methyl sites for hydroxylation is 2. The van der Waals surface area contributed by atoms with Gasteiger partial charge in [-0.15, -0.1) is 5.10 Å². The van der Waals surface area contributed by atoms with Crippen molar-refractivity contribution >= 4 is 87.8 Å². The third-order valence-electron chi connectivity index (χ3n) is 17.8. The molecule has 10 atom stereocenters. The molecule has 540 valence electrons. The Labute approximate surface area is 580 Å². The van der Waals surface area contributed by atoms with E-state index in [4.69, 9.17) is 31.1 Å². The van der Waals surface area contributed by atoms with Crippen LogP contribution in [-0.2, 0) is 83.2 Å². The van der Waals surface area contributed by atoms with Crippen molar-refractivity contribution in [2.24, 2.45) is 17.4 Å². The monoisotopic (exact) mass is 1390 g/mol. The molecule has 8 rings (SSSR count).